The number of aryl methyl sites for hydroxylation is 2. The maximum Gasteiger partial charge on any atom is 0.416 e. The van der Waals surface area contributed by atoms with Gasteiger partial charge < -0.3 is 10.1 Å². The van der Waals surface area contributed by atoms with Crippen LogP contribution in [-0.2, 0) is 17.5 Å². The van der Waals surface area contributed by atoms with Crippen molar-refractivity contribution in [3.63, 3.8) is 0 Å². The van der Waals surface area contributed by atoms with E-state index >= 15 is 0 Å². The van der Waals surface area contributed by atoms with Crippen LogP contribution < -0.4 is 10.1 Å². The highest BCUT2D eigenvalue weighted by molar-refractivity contribution is 7.99. The number of alkyl halides is 3. The lowest BCUT2D eigenvalue weighted by Crippen LogP contribution is -2.16. The van der Waals surface area contributed by atoms with E-state index in [1.807, 2.05) is 39.0 Å². The van der Waals surface area contributed by atoms with Crippen LogP contribution in [0, 0.1) is 13.8 Å². The van der Waals surface area contributed by atoms with E-state index in [0.717, 1.165) is 41.1 Å². The molecule has 0 saturated heterocycles. The van der Waals surface area contributed by atoms with Gasteiger partial charge in [-0.25, -0.2) is 0 Å². The van der Waals surface area contributed by atoms with Gasteiger partial charge in [-0.15, -0.1) is 16.8 Å². The van der Waals surface area contributed by atoms with Gasteiger partial charge in [0.05, 0.1) is 22.0 Å². The van der Waals surface area contributed by atoms with Crippen molar-refractivity contribution in [1.29, 1.82) is 0 Å². The molecule has 186 valence electrons. The largest absolute Gasteiger partial charge is 0.483 e. The minimum atomic E-state index is -4.55. The van der Waals surface area contributed by atoms with Crippen LogP contribution in [0.4, 0.5) is 18.9 Å². The van der Waals surface area contributed by atoms with Crippen LogP contribution in [0.15, 0.2) is 54.2 Å². The number of benzene rings is 2. The normalized spacial score (nSPS) is 12.3. The van der Waals surface area contributed by atoms with Gasteiger partial charge in [0.25, 0.3) is 0 Å². The zero-order chi connectivity index (χ0) is 25.8. The van der Waals surface area contributed by atoms with E-state index in [1.165, 1.54) is 0 Å². The van der Waals surface area contributed by atoms with E-state index in [-0.39, 0.29) is 16.5 Å². The summed E-state index contributed by atoms with van der Waals surface area (Å²) in [7, 11) is 0. The Bertz CT molecular complexity index is 1230. The van der Waals surface area contributed by atoms with Gasteiger partial charge in [0.15, 0.2) is 17.1 Å². The first kappa shape index (κ1) is 26.6. The number of aromatic nitrogens is 3. The Balaban J connectivity index is 1.70. The zero-order valence-electron chi connectivity index (χ0n) is 19.3. The Hall–Kier alpha value is -2.98. The lowest BCUT2D eigenvalue weighted by molar-refractivity contribution is -0.137. The van der Waals surface area contributed by atoms with Crippen molar-refractivity contribution in [1.82, 2.24) is 14.8 Å². The summed E-state index contributed by atoms with van der Waals surface area (Å²) in [6.45, 7) is 10.0. The molecule has 2 aromatic carbocycles. The number of carbonyl (C=O) groups is 1. The number of carbonyl (C=O) groups excluding carboxylic acids is 1. The lowest BCUT2D eigenvalue weighted by atomic mass is 10.1. The number of ether oxygens (including phenoxy) is 1. The van der Waals surface area contributed by atoms with Crippen molar-refractivity contribution >= 4 is 35.0 Å². The number of thioether (sulfide) groups is 1. The molecule has 0 aliphatic rings. The van der Waals surface area contributed by atoms with Crippen LogP contribution in [0.2, 0.25) is 5.02 Å². The monoisotopic (exact) mass is 524 g/mol. The molecule has 11 heteroatoms. The molecular formula is C24H24ClF3N4O2S. The number of halogens is 4. The number of hydrogen-bond donors (Lipinski definition) is 1. The predicted octanol–water partition coefficient (Wildman–Crippen LogP) is 6.62. The quantitative estimate of drug-likeness (QED) is 0.251. The van der Waals surface area contributed by atoms with Gasteiger partial charge in [-0.2, -0.15) is 13.2 Å². The molecule has 0 aliphatic carbocycles. The van der Waals surface area contributed by atoms with Crippen LogP contribution in [0.5, 0.6) is 5.75 Å². The summed E-state index contributed by atoms with van der Waals surface area (Å²) in [5.41, 5.74) is 1.24. The number of rotatable bonds is 9. The first-order valence-corrected chi connectivity index (χ1v) is 11.9. The van der Waals surface area contributed by atoms with Gasteiger partial charge >= 0.3 is 6.18 Å². The molecule has 1 aromatic heterocycles. The molecule has 0 fully saturated rings. The minimum Gasteiger partial charge on any atom is -0.483 e. The number of amides is 1. The highest BCUT2D eigenvalue weighted by Gasteiger charge is 2.31. The van der Waals surface area contributed by atoms with E-state index in [9.17, 15) is 18.0 Å². The van der Waals surface area contributed by atoms with Gasteiger partial charge in [-0.3, -0.25) is 9.36 Å². The highest BCUT2D eigenvalue weighted by Crippen LogP contribution is 2.34. The third kappa shape index (κ3) is 6.79. The first-order chi connectivity index (χ1) is 16.5. The summed E-state index contributed by atoms with van der Waals surface area (Å²) < 4.78 is 46.7. The smallest absolute Gasteiger partial charge is 0.416 e. The highest BCUT2D eigenvalue weighted by atomic mass is 35.5. The second-order valence-corrected chi connectivity index (χ2v) is 9.13. The second-order valence-electron chi connectivity index (χ2n) is 7.78. The van der Waals surface area contributed by atoms with Crippen molar-refractivity contribution in [3.05, 3.63) is 76.6 Å². The molecule has 0 spiro atoms. The third-order valence-corrected chi connectivity index (χ3v) is 6.41. The molecule has 1 N–H and O–H groups in total. The summed E-state index contributed by atoms with van der Waals surface area (Å²) in [4.78, 5) is 12.4. The summed E-state index contributed by atoms with van der Waals surface area (Å²) in [5, 5.41) is 11.3. The topological polar surface area (TPSA) is 69.0 Å². The second kappa shape index (κ2) is 11.2. The maximum absolute atomic E-state index is 13.0. The van der Waals surface area contributed by atoms with Crippen LogP contribution in [-0.4, -0.2) is 26.4 Å². The van der Waals surface area contributed by atoms with Gasteiger partial charge in [-0.05, 0) is 62.2 Å². The fraction of sp³-hybridized carbons (Fsp3) is 0.292. The molecule has 0 aliphatic heterocycles. The molecule has 0 bridgehead atoms. The first-order valence-electron chi connectivity index (χ1n) is 10.6. The Morgan fingerprint density at radius 3 is 2.63 bits per heavy atom. The minimum absolute atomic E-state index is 0.00535. The Kier molecular flexibility index (Phi) is 8.50. The summed E-state index contributed by atoms with van der Waals surface area (Å²) in [6.07, 6.45) is -3.31. The number of allylic oxidation sites excluding steroid dienone is 1. The van der Waals surface area contributed by atoms with Crippen molar-refractivity contribution in [3.8, 4) is 5.75 Å². The Morgan fingerprint density at radius 1 is 1.23 bits per heavy atom. The van der Waals surface area contributed by atoms with Crippen LogP contribution >= 0.6 is 23.4 Å². The molecule has 1 amide bonds. The number of hydrogen-bond acceptors (Lipinski definition) is 5. The van der Waals surface area contributed by atoms with E-state index < -0.39 is 23.8 Å². The van der Waals surface area contributed by atoms with Gasteiger partial charge in [0, 0.05) is 6.54 Å². The van der Waals surface area contributed by atoms with E-state index in [0.29, 0.717) is 23.3 Å². The molecule has 0 radical (unpaired) electrons. The molecule has 6 nitrogen and oxygen atoms in total. The molecule has 1 heterocycles. The Morgan fingerprint density at radius 2 is 1.97 bits per heavy atom. The predicted molar refractivity (Wildman–Crippen MR) is 131 cm³/mol. The van der Waals surface area contributed by atoms with E-state index in [2.05, 4.69) is 22.1 Å². The SMILES string of the molecule is C=CCn1c(SCC(=O)Nc2cc(C(F)(F)F)ccc2Cl)nnc1C(C)Oc1ccc(C)c(C)c1. The third-order valence-electron chi connectivity index (χ3n) is 5.11. The molecule has 35 heavy (non-hydrogen) atoms. The average molecular weight is 525 g/mol. The van der Waals surface area contributed by atoms with Crippen LogP contribution in [0.1, 0.15) is 35.5 Å². The average Bonchev–Trinajstić information content (AvgIpc) is 3.18. The number of nitrogens with one attached hydrogen (secondary N) is 1. The maximum atomic E-state index is 13.0. The lowest BCUT2D eigenvalue weighted by Gasteiger charge is -2.16. The molecular weight excluding hydrogens is 501 g/mol. The summed E-state index contributed by atoms with van der Waals surface area (Å²) >= 11 is 7.04. The van der Waals surface area contributed by atoms with Gasteiger partial charge in [0.1, 0.15) is 5.75 Å². The molecule has 1 unspecified atom stereocenters. The fourth-order valence-electron chi connectivity index (χ4n) is 3.17. The van der Waals surface area contributed by atoms with Crippen molar-refractivity contribution in [2.45, 2.75) is 44.8 Å². The summed E-state index contributed by atoms with van der Waals surface area (Å²) in [5.74, 6) is 0.589. The summed E-state index contributed by atoms with van der Waals surface area (Å²) in [6, 6.07) is 8.55. The van der Waals surface area contributed by atoms with Crippen LogP contribution in [0.25, 0.3) is 0 Å². The van der Waals surface area contributed by atoms with E-state index in [4.69, 9.17) is 16.3 Å². The van der Waals surface area contributed by atoms with Crippen molar-refractivity contribution in [2.75, 3.05) is 11.1 Å². The standard InChI is InChI=1S/C24H24ClF3N4O2S/c1-5-10-32-22(16(4)34-18-8-6-14(2)15(3)11-18)30-31-23(32)35-13-21(33)29-20-12-17(24(26,27)28)7-9-19(20)25/h5-9,11-12,16H,1,10,13H2,2-4H3,(H,29,33). The molecule has 1 atom stereocenters. The van der Waals surface area contributed by atoms with Crippen LogP contribution in [0.3, 0.4) is 0 Å². The van der Waals surface area contributed by atoms with Crippen molar-refractivity contribution in [2.24, 2.45) is 0 Å². The van der Waals surface area contributed by atoms with E-state index in [1.54, 1.807) is 10.6 Å². The molecule has 3 rings (SSSR count). The zero-order valence-corrected chi connectivity index (χ0v) is 20.9. The molecule has 0 saturated carbocycles. The Labute approximate surface area is 210 Å². The van der Waals surface area contributed by atoms with Crippen molar-refractivity contribution < 1.29 is 22.7 Å². The number of nitrogens with zero attached hydrogens (tertiary/aromatic N) is 3. The van der Waals surface area contributed by atoms with Gasteiger partial charge in [-0.1, -0.05) is 35.5 Å². The van der Waals surface area contributed by atoms with Gasteiger partial charge in [0.2, 0.25) is 5.91 Å². The number of anilines is 1. The molecule has 3 aromatic rings. The fourth-order valence-corrected chi connectivity index (χ4v) is 4.09.